The molecular formula is C11H12N2O2S2. The number of rotatable bonds is 4. The van der Waals surface area contributed by atoms with Gasteiger partial charge in [-0.25, -0.2) is 13.4 Å². The van der Waals surface area contributed by atoms with Crippen molar-refractivity contribution in [3.63, 3.8) is 0 Å². The highest BCUT2D eigenvalue weighted by Crippen LogP contribution is 2.18. The van der Waals surface area contributed by atoms with E-state index in [1.807, 2.05) is 17.5 Å². The molecule has 2 aromatic heterocycles. The van der Waals surface area contributed by atoms with Crippen LogP contribution >= 0.6 is 11.3 Å². The molecule has 2 aromatic rings. The van der Waals surface area contributed by atoms with Gasteiger partial charge in [-0.3, -0.25) is 0 Å². The second-order valence-electron chi connectivity index (χ2n) is 3.55. The molecule has 0 saturated heterocycles. The van der Waals surface area contributed by atoms with Crippen molar-refractivity contribution in [3.05, 3.63) is 40.7 Å². The minimum absolute atomic E-state index is 0.0171. The van der Waals surface area contributed by atoms with E-state index in [-0.39, 0.29) is 16.5 Å². The second kappa shape index (κ2) is 4.85. The lowest BCUT2D eigenvalue weighted by Crippen LogP contribution is -2.12. The fourth-order valence-corrected chi connectivity index (χ4v) is 3.62. The van der Waals surface area contributed by atoms with E-state index in [0.717, 1.165) is 4.88 Å². The third kappa shape index (κ3) is 2.83. The van der Waals surface area contributed by atoms with E-state index in [1.165, 1.54) is 6.20 Å². The van der Waals surface area contributed by atoms with Crippen molar-refractivity contribution in [1.82, 2.24) is 4.98 Å². The predicted octanol–water partition coefficient (Wildman–Crippen LogP) is 1.74. The Hall–Kier alpha value is -1.40. The van der Waals surface area contributed by atoms with Gasteiger partial charge in [0, 0.05) is 11.1 Å². The van der Waals surface area contributed by atoms with Crippen LogP contribution in [0.3, 0.4) is 0 Å². The quantitative estimate of drug-likeness (QED) is 0.916. The Morgan fingerprint density at radius 1 is 1.29 bits per heavy atom. The molecule has 90 valence electrons. The summed E-state index contributed by atoms with van der Waals surface area (Å²) in [6.45, 7) is 0. The topological polar surface area (TPSA) is 73.0 Å². The van der Waals surface area contributed by atoms with E-state index in [2.05, 4.69) is 4.98 Å². The molecule has 6 heteroatoms. The van der Waals surface area contributed by atoms with E-state index in [4.69, 9.17) is 5.73 Å². The zero-order valence-electron chi connectivity index (χ0n) is 9.04. The Kier molecular flexibility index (Phi) is 3.44. The molecule has 0 radical (unpaired) electrons. The number of thiophene rings is 1. The summed E-state index contributed by atoms with van der Waals surface area (Å²) in [6.07, 6.45) is 1.93. The van der Waals surface area contributed by atoms with Gasteiger partial charge in [0.05, 0.1) is 11.4 Å². The smallest absolute Gasteiger partial charge is 0.198 e. The Morgan fingerprint density at radius 2 is 2.12 bits per heavy atom. The molecule has 0 amide bonds. The van der Waals surface area contributed by atoms with Crippen LogP contribution in [-0.4, -0.2) is 19.2 Å². The van der Waals surface area contributed by atoms with Crippen molar-refractivity contribution in [1.29, 1.82) is 0 Å². The first-order valence-corrected chi connectivity index (χ1v) is 7.58. The summed E-state index contributed by atoms with van der Waals surface area (Å²) in [5.41, 5.74) is 5.82. The average molecular weight is 268 g/mol. The van der Waals surface area contributed by atoms with Gasteiger partial charge in [0.15, 0.2) is 14.9 Å². The van der Waals surface area contributed by atoms with E-state index < -0.39 is 9.84 Å². The molecule has 0 aliphatic carbocycles. The van der Waals surface area contributed by atoms with E-state index >= 15 is 0 Å². The molecule has 4 nitrogen and oxygen atoms in total. The largest absolute Gasteiger partial charge is 0.396 e. The standard InChI is InChI=1S/C11H12N2O2S2/c12-10-4-1-6-13-11(10)17(14,15)8-5-9-3-2-7-16-9/h1-4,6-7H,5,8,12H2. The van der Waals surface area contributed by atoms with Crippen LogP contribution in [-0.2, 0) is 16.3 Å². The summed E-state index contributed by atoms with van der Waals surface area (Å²) in [5, 5.41) is 1.91. The first kappa shape index (κ1) is 12.1. The van der Waals surface area contributed by atoms with Gasteiger partial charge < -0.3 is 5.73 Å². The molecule has 2 rings (SSSR count). The van der Waals surface area contributed by atoms with Gasteiger partial charge in [-0.1, -0.05) is 6.07 Å². The average Bonchev–Trinajstić information content (AvgIpc) is 2.80. The summed E-state index contributed by atoms with van der Waals surface area (Å²) < 4.78 is 24.0. The summed E-state index contributed by atoms with van der Waals surface area (Å²) in [6, 6.07) is 6.99. The maximum absolute atomic E-state index is 12.0. The highest BCUT2D eigenvalue weighted by atomic mass is 32.2. The Labute approximate surface area is 104 Å². The summed E-state index contributed by atoms with van der Waals surface area (Å²) >= 11 is 1.55. The number of aryl methyl sites for hydroxylation is 1. The Balaban J connectivity index is 2.17. The Bertz CT molecular complexity index is 592. The molecule has 0 bridgehead atoms. The number of sulfone groups is 1. The minimum Gasteiger partial charge on any atom is -0.396 e. The van der Waals surface area contributed by atoms with Crippen LogP contribution < -0.4 is 5.73 Å². The summed E-state index contributed by atoms with van der Waals surface area (Å²) in [5.74, 6) is 0.0364. The highest BCUT2D eigenvalue weighted by molar-refractivity contribution is 7.91. The van der Waals surface area contributed by atoms with Gasteiger partial charge in [-0.15, -0.1) is 11.3 Å². The number of pyridine rings is 1. The summed E-state index contributed by atoms with van der Waals surface area (Å²) in [4.78, 5) is 4.88. The highest BCUT2D eigenvalue weighted by Gasteiger charge is 2.18. The molecule has 17 heavy (non-hydrogen) atoms. The first-order chi connectivity index (χ1) is 8.09. The van der Waals surface area contributed by atoms with E-state index in [9.17, 15) is 8.42 Å². The molecule has 2 N–H and O–H groups in total. The molecule has 0 fully saturated rings. The van der Waals surface area contributed by atoms with Gasteiger partial charge in [0.1, 0.15) is 0 Å². The molecule has 0 spiro atoms. The van der Waals surface area contributed by atoms with E-state index in [1.54, 1.807) is 23.5 Å². The number of nitrogen functional groups attached to an aromatic ring is 1. The lowest BCUT2D eigenvalue weighted by Gasteiger charge is -2.05. The number of aromatic nitrogens is 1. The molecule has 0 aliphatic heterocycles. The normalized spacial score (nSPS) is 11.5. The predicted molar refractivity (Wildman–Crippen MR) is 68.7 cm³/mol. The van der Waals surface area contributed by atoms with E-state index in [0.29, 0.717) is 6.42 Å². The Morgan fingerprint density at radius 3 is 2.76 bits per heavy atom. The monoisotopic (exact) mass is 268 g/mol. The second-order valence-corrected chi connectivity index (χ2v) is 6.60. The van der Waals surface area contributed by atoms with Crippen LogP contribution in [0, 0.1) is 0 Å². The molecule has 0 aliphatic rings. The number of anilines is 1. The number of nitrogens with two attached hydrogens (primary N) is 1. The molecule has 0 atom stereocenters. The van der Waals surface area contributed by atoms with Gasteiger partial charge in [-0.05, 0) is 30.0 Å². The number of hydrogen-bond donors (Lipinski definition) is 1. The third-order valence-electron chi connectivity index (χ3n) is 2.29. The van der Waals surface area contributed by atoms with Crippen molar-refractivity contribution < 1.29 is 8.42 Å². The maximum Gasteiger partial charge on any atom is 0.198 e. The van der Waals surface area contributed by atoms with Crippen LogP contribution in [0.15, 0.2) is 40.9 Å². The van der Waals surface area contributed by atoms with Crippen LogP contribution in [0.2, 0.25) is 0 Å². The van der Waals surface area contributed by atoms with Gasteiger partial charge in [0.2, 0.25) is 0 Å². The van der Waals surface area contributed by atoms with Crippen LogP contribution in [0.4, 0.5) is 5.69 Å². The van der Waals surface area contributed by atoms with Crippen LogP contribution in [0.5, 0.6) is 0 Å². The van der Waals surface area contributed by atoms with Crippen molar-refractivity contribution >= 4 is 26.9 Å². The van der Waals surface area contributed by atoms with Crippen LogP contribution in [0.1, 0.15) is 4.88 Å². The maximum atomic E-state index is 12.0. The lowest BCUT2D eigenvalue weighted by atomic mass is 10.4. The van der Waals surface area contributed by atoms with Crippen molar-refractivity contribution in [3.8, 4) is 0 Å². The third-order valence-corrected chi connectivity index (χ3v) is 4.90. The zero-order valence-corrected chi connectivity index (χ0v) is 10.7. The lowest BCUT2D eigenvalue weighted by molar-refractivity contribution is 0.592. The summed E-state index contributed by atoms with van der Waals surface area (Å²) in [7, 11) is -3.40. The molecule has 2 heterocycles. The molecule has 0 aromatic carbocycles. The molecular weight excluding hydrogens is 256 g/mol. The fourth-order valence-electron chi connectivity index (χ4n) is 1.45. The van der Waals surface area contributed by atoms with Crippen molar-refractivity contribution in [2.45, 2.75) is 11.4 Å². The number of hydrogen-bond acceptors (Lipinski definition) is 5. The SMILES string of the molecule is Nc1cccnc1S(=O)(=O)CCc1cccs1. The first-order valence-electron chi connectivity index (χ1n) is 5.05. The van der Waals surface area contributed by atoms with Crippen molar-refractivity contribution in [2.75, 3.05) is 11.5 Å². The van der Waals surface area contributed by atoms with Gasteiger partial charge in [-0.2, -0.15) is 0 Å². The fraction of sp³-hybridized carbons (Fsp3) is 0.182. The van der Waals surface area contributed by atoms with Crippen LogP contribution in [0.25, 0.3) is 0 Å². The van der Waals surface area contributed by atoms with Gasteiger partial charge >= 0.3 is 0 Å². The molecule has 0 unspecified atom stereocenters. The minimum atomic E-state index is -3.40. The zero-order chi connectivity index (χ0) is 12.3. The number of nitrogens with zero attached hydrogens (tertiary/aromatic N) is 1. The van der Waals surface area contributed by atoms with Gasteiger partial charge in [0.25, 0.3) is 0 Å². The van der Waals surface area contributed by atoms with Crippen molar-refractivity contribution in [2.24, 2.45) is 0 Å². The molecule has 0 saturated carbocycles.